The highest BCUT2D eigenvalue weighted by Gasteiger charge is 1.90. The number of nitriles is 2. The molecule has 3 heteroatoms. The molecule has 0 aliphatic rings. The van der Waals surface area contributed by atoms with E-state index in [-0.39, 0.29) is 0 Å². The maximum atomic E-state index is 8.51. The first-order chi connectivity index (χ1) is 5.86. The molecule has 1 aromatic rings. The Labute approximate surface area is 70.2 Å². The molecule has 3 nitrogen and oxygen atoms in total. The fraction of sp³-hybridized carbons (Fsp3) is 0. The van der Waals surface area contributed by atoms with Crippen molar-refractivity contribution in [1.82, 2.24) is 4.98 Å². The van der Waals surface area contributed by atoms with Crippen LogP contribution in [0.25, 0.3) is 6.08 Å². The van der Waals surface area contributed by atoms with Crippen LogP contribution in [0.4, 0.5) is 0 Å². The summed E-state index contributed by atoms with van der Waals surface area (Å²) in [4.78, 5) is 3.83. The van der Waals surface area contributed by atoms with Gasteiger partial charge in [0.25, 0.3) is 0 Å². The molecule has 0 amide bonds. The summed E-state index contributed by atoms with van der Waals surface area (Å²) in [5, 5.41) is 16.7. The largest absolute Gasteiger partial charge is 0.263 e. The lowest BCUT2D eigenvalue weighted by Crippen LogP contribution is -1.79. The van der Waals surface area contributed by atoms with Crippen LogP contribution in [-0.4, -0.2) is 4.98 Å². The van der Waals surface area contributed by atoms with E-state index in [2.05, 4.69) is 4.98 Å². The molecule has 12 heavy (non-hydrogen) atoms. The van der Waals surface area contributed by atoms with Gasteiger partial charge in [0.2, 0.25) is 0 Å². The first-order valence-corrected chi connectivity index (χ1v) is 3.28. The quantitative estimate of drug-likeness (QED) is 0.577. The van der Waals surface area contributed by atoms with E-state index in [4.69, 9.17) is 10.5 Å². The second-order valence-electron chi connectivity index (χ2n) is 2.08. The summed E-state index contributed by atoms with van der Waals surface area (Å²) in [5.41, 5.74) is 1.26. The highest BCUT2D eigenvalue weighted by atomic mass is 14.6. The molecule has 0 saturated carbocycles. The smallest absolute Gasteiger partial charge is 0.101 e. The third kappa shape index (κ3) is 1.93. The predicted molar refractivity (Wildman–Crippen MR) is 43.6 cm³/mol. The van der Waals surface area contributed by atoms with Crippen molar-refractivity contribution in [2.75, 3.05) is 0 Å². The van der Waals surface area contributed by atoms with Gasteiger partial charge < -0.3 is 0 Å². The van der Waals surface area contributed by atoms with Crippen LogP contribution in [0.3, 0.4) is 0 Å². The zero-order valence-corrected chi connectivity index (χ0v) is 6.23. The lowest BCUT2D eigenvalue weighted by atomic mass is 10.2. The number of hydrogen-bond acceptors (Lipinski definition) is 3. The summed E-state index contributed by atoms with van der Waals surface area (Å²) in [6, 6.07) is 5.49. The molecule has 0 N–H and O–H groups in total. The van der Waals surface area contributed by atoms with Crippen molar-refractivity contribution in [3.05, 3.63) is 35.7 Å². The molecule has 0 aromatic carbocycles. The highest BCUT2D eigenvalue weighted by molar-refractivity contribution is 5.52. The Bertz CT molecular complexity index is 379. The summed E-state index contributed by atoms with van der Waals surface area (Å²) in [6.07, 6.45) is 6.02. The van der Waals surface area contributed by atoms with Gasteiger partial charge in [0.05, 0.1) is 11.6 Å². The summed E-state index contributed by atoms with van der Waals surface area (Å²) < 4.78 is 0. The fourth-order valence-corrected chi connectivity index (χ4v) is 0.744. The molecule has 56 valence electrons. The number of pyridine rings is 1. The van der Waals surface area contributed by atoms with Gasteiger partial charge in [-0.1, -0.05) is 0 Å². The first kappa shape index (κ1) is 7.97. The van der Waals surface area contributed by atoms with E-state index in [1.54, 1.807) is 18.3 Å². The normalized spacial score (nSPS) is 9.17. The molecular weight excluding hydrogens is 150 g/mol. The van der Waals surface area contributed by atoms with Crippen molar-refractivity contribution in [3.63, 3.8) is 0 Å². The van der Waals surface area contributed by atoms with Crippen LogP contribution in [0.2, 0.25) is 0 Å². The minimum atomic E-state index is 0.495. The van der Waals surface area contributed by atoms with E-state index in [0.29, 0.717) is 5.56 Å². The van der Waals surface area contributed by atoms with Crippen LogP contribution >= 0.6 is 0 Å². The number of hydrogen-bond donors (Lipinski definition) is 0. The Morgan fingerprint density at radius 3 is 2.83 bits per heavy atom. The van der Waals surface area contributed by atoms with Gasteiger partial charge >= 0.3 is 0 Å². The van der Waals surface area contributed by atoms with Gasteiger partial charge in [0.1, 0.15) is 6.07 Å². The second kappa shape index (κ2) is 3.90. The molecule has 0 saturated heterocycles. The van der Waals surface area contributed by atoms with E-state index in [1.807, 2.05) is 12.1 Å². The maximum absolute atomic E-state index is 8.51. The standard InChI is InChI=1S/C9H5N3/c10-3-1-2-8-4-9(5-11)7-12-6-8/h1-2,4,6-7H. The lowest BCUT2D eigenvalue weighted by molar-refractivity contribution is 1.29. The van der Waals surface area contributed by atoms with E-state index < -0.39 is 0 Å². The summed E-state index contributed by atoms with van der Waals surface area (Å²) in [7, 11) is 0. The molecular formula is C9H5N3. The van der Waals surface area contributed by atoms with Crippen LogP contribution < -0.4 is 0 Å². The van der Waals surface area contributed by atoms with E-state index in [1.165, 1.54) is 12.3 Å². The average Bonchev–Trinajstić information content (AvgIpc) is 2.15. The zero-order chi connectivity index (χ0) is 8.81. The minimum absolute atomic E-state index is 0.495. The Kier molecular flexibility index (Phi) is 2.59. The second-order valence-corrected chi connectivity index (χ2v) is 2.08. The number of nitrogens with zero attached hydrogens (tertiary/aromatic N) is 3. The molecule has 1 heterocycles. The summed E-state index contributed by atoms with van der Waals surface area (Å²) in [6.45, 7) is 0. The minimum Gasteiger partial charge on any atom is -0.263 e. The molecule has 0 fully saturated rings. The van der Waals surface area contributed by atoms with Gasteiger partial charge in [-0.3, -0.25) is 4.98 Å². The molecule has 1 aromatic heterocycles. The maximum Gasteiger partial charge on any atom is 0.101 e. The molecule has 1 rings (SSSR count). The lowest BCUT2D eigenvalue weighted by Gasteiger charge is -1.90. The number of allylic oxidation sites excluding steroid dienone is 1. The van der Waals surface area contributed by atoms with E-state index >= 15 is 0 Å². The molecule has 0 spiro atoms. The van der Waals surface area contributed by atoms with Crippen molar-refractivity contribution in [3.8, 4) is 12.1 Å². The van der Waals surface area contributed by atoms with Crippen LogP contribution in [0.15, 0.2) is 24.5 Å². The van der Waals surface area contributed by atoms with Gasteiger partial charge in [-0.25, -0.2) is 0 Å². The van der Waals surface area contributed by atoms with Gasteiger partial charge in [-0.2, -0.15) is 10.5 Å². The Morgan fingerprint density at radius 2 is 2.17 bits per heavy atom. The Balaban J connectivity index is 2.98. The van der Waals surface area contributed by atoms with E-state index in [0.717, 1.165) is 5.56 Å². The van der Waals surface area contributed by atoms with Gasteiger partial charge in [-0.05, 0) is 17.7 Å². The average molecular weight is 155 g/mol. The van der Waals surface area contributed by atoms with Crippen LogP contribution in [0.5, 0.6) is 0 Å². The molecule has 0 aliphatic heterocycles. The molecule has 0 unspecified atom stereocenters. The van der Waals surface area contributed by atoms with Crippen LogP contribution in [0, 0.1) is 22.7 Å². The van der Waals surface area contributed by atoms with Crippen molar-refractivity contribution >= 4 is 6.08 Å². The third-order valence-electron chi connectivity index (χ3n) is 1.24. The van der Waals surface area contributed by atoms with Crippen molar-refractivity contribution in [2.45, 2.75) is 0 Å². The summed E-state index contributed by atoms with van der Waals surface area (Å²) >= 11 is 0. The van der Waals surface area contributed by atoms with Crippen molar-refractivity contribution in [1.29, 1.82) is 10.5 Å². The molecule has 0 atom stereocenters. The molecule has 0 bridgehead atoms. The topological polar surface area (TPSA) is 60.5 Å². The van der Waals surface area contributed by atoms with Crippen molar-refractivity contribution < 1.29 is 0 Å². The number of rotatable bonds is 1. The fourth-order valence-electron chi connectivity index (χ4n) is 0.744. The Hall–Kier alpha value is -2.13. The predicted octanol–water partition coefficient (Wildman–Crippen LogP) is 1.49. The summed E-state index contributed by atoms with van der Waals surface area (Å²) in [5.74, 6) is 0. The van der Waals surface area contributed by atoms with Gasteiger partial charge in [-0.15, -0.1) is 0 Å². The van der Waals surface area contributed by atoms with E-state index in [9.17, 15) is 0 Å². The Morgan fingerprint density at radius 1 is 1.33 bits per heavy atom. The SMILES string of the molecule is N#CC=Cc1cncc(C#N)c1. The molecule has 0 aliphatic carbocycles. The number of aromatic nitrogens is 1. The molecule has 0 radical (unpaired) electrons. The first-order valence-electron chi connectivity index (χ1n) is 3.28. The monoisotopic (exact) mass is 155 g/mol. The van der Waals surface area contributed by atoms with Crippen LogP contribution in [-0.2, 0) is 0 Å². The van der Waals surface area contributed by atoms with Gasteiger partial charge in [0, 0.05) is 18.5 Å². The van der Waals surface area contributed by atoms with Gasteiger partial charge in [0.15, 0.2) is 0 Å². The van der Waals surface area contributed by atoms with Crippen molar-refractivity contribution in [2.24, 2.45) is 0 Å². The zero-order valence-electron chi connectivity index (χ0n) is 6.23. The highest BCUT2D eigenvalue weighted by Crippen LogP contribution is 2.02. The third-order valence-corrected chi connectivity index (χ3v) is 1.24. The van der Waals surface area contributed by atoms with Crippen LogP contribution in [0.1, 0.15) is 11.1 Å².